The van der Waals surface area contributed by atoms with Crippen LogP contribution in [0.1, 0.15) is 31.6 Å². The summed E-state index contributed by atoms with van der Waals surface area (Å²) in [5, 5.41) is 0. The molecule has 5 nitrogen and oxygen atoms in total. The molecule has 0 radical (unpaired) electrons. The minimum absolute atomic E-state index is 0.189. The van der Waals surface area contributed by atoms with Gasteiger partial charge >= 0.3 is 0 Å². The van der Waals surface area contributed by atoms with E-state index in [1.165, 1.54) is 0 Å². The molecule has 1 aromatic heterocycles. The van der Waals surface area contributed by atoms with Gasteiger partial charge in [-0.25, -0.2) is 5.43 Å². The smallest absolute Gasteiger partial charge is 0.139 e. The molecule has 102 valence electrons. The van der Waals surface area contributed by atoms with E-state index in [9.17, 15) is 0 Å². The van der Waals surface area contributed by atoms with Gasteiger partial charge in [-0.05, 0) is 28.9 Å². The van der Waals surface area contributed by atoms with Gasteiger partial charge in [0.2, 0.25) is 0 Å². The number of rotatable bonds is 5. The molecular formula is C12H19BrN2O3. The highest BCUT2D eigenvalue weighted by Gasteiger charge is 2.44. The molecule has 1 aliphatic rings. The Balaban J connectivity index is 2.29. The minimum Gasteiger partial charge on any atom is -0.466 e. The molecule has 2 rings (SSSR count). The molecule has 1 aromatic rings. The van der Waals surface area contributed by atoms with Gasteiger partial charge < -0.3 is 13.9 Å². The lowest BCUT2D eigenvalue weighted by atomic mass is 9.85. The Morgan fingerprint density at radius 3 is 2.78 bits per heavy atom. The van der Waals surface area contributed by atoms with E-state index in [-0.39, 0.29) is 11.6 Å². The molecule has 3 N–H and O–H groups in total. The summed E-state index contributed by atoms with van der Waals surface area (Å²) in [5.74, 6) is 6.50. The second-order valence-corrected chi connectivity index (χ2v) is 5.20. The first-order valence-electron chi connectivity index (χ1n) is 6.14. The molecule has 0 aromatic carbocycles. The molecule has 1 unspecified atom stereocenters. The van der Waals surface area contributed by atoms with Gasteiger partial charge in [-0.1, -0.05) is 0 Å². The largest absolute Gasteiger partial charge is 0.466 e. The van der Waals surface area contributed by atoms with Gasteiger partial charge in [0, 0.05) is 32.7 Å². The Labute approximate surface area is 115 Å². The summed E-state index contributed by atoms with van der Waals surface area (Å²) in [6.45, 7) is 3.98. The molecule has 6 heteroatoms. The second-order valence-electron chi connectivity index (χ2n) is 4.34. The Morgan fingerprint density at radius 2 is 2.28 bits per heavy atom. The monoisotopic (exact) mass is 318 g/mol. The van der Waals surface area contributed by atoms with E-state index in [0.29, 0.717) is 19.8 Å². The van der Waals surface area contributed by atoms with Crippen molar-refractivity contribution in [1.82, 2.24) is 5.43 Å². The Hall–Kier alpha value is -0.400. The van der Waals surface area contributed by atoms with E-state index in [2.05, 4.69) is 21.4 Å². The molecule has 1 fully saturated rings. The fraction of sp³-hybridized carbons (Fsp3) is 0.667. The van der Waals surface area contributed by atoms with Crippen molar-refractivity contribution in [3.63, 3.8) is 0 Å². The number of ether oxygens (including phenoxy) is 2. The van der Waals surface area contributed by atoms with Crippen molar-refractivity contribution in [3.8, 4) is 0 Å². The predicted molar refractivity (Wildman–Crippen MR) is 70.9 cm³/mol. The quantitative estimate of drug-likeness (QED) is 0.643. The molecule has 1 aliphatic heterocycles. The molecule has 2 heterocycles. The van der Waals surface area contributed by atoms with Crippen molar-refractivity contribution in [2.75, 3.05) is 19.8 Å². The van der Waals surface area contributed by atoms with Gasteiger partial charge in [-0.2, -0.15) is 0 Å². The zero-order chi connectivity index (χ0) is 13.0. The average molecular weight is 319 g/mol. The second kappa shape index (κ2) is 6.16. The number of hydrazine groups is 1. The molecule has 0 amide bonds. The van der Waals surface area contributed by atoms with E-state index >= 15 is 0 Å². The topological polar surface area (TPSA) is 69.7 Å². The highest BCUT2D eigenvalue weighted by molar-refractivity contribution is 9.10. The van der Waals surface area contributed by atoms with Crippen LogP contribution in [-0.4, -0.2) is 25.4 Å². The van der Waals surface area contributed by atoms with Gasteiger partial charge in [0.05, 0.1) is 16.3 Å². The van der Waals surface area contributed by atoms with E-state index in [1.54, 1.807) is 6.26 Å². The molecule has 0 bridgehead atoms. The maximum absolute atomic E-state index is 6.00. The van der Waals surface area contributed by atoms with Gasteiger partial charge in [0.25, 0.3) is 0 Å². The lowest BCUT2D eigenvalue weighted by Crippen LogP contribution is -2.51. The van der Waals surface area contributed by atoms with Crippen LogP contribution in [0.5, 0.6) is 0 Å². The number of hydrogen-bond donors (Lipinski definition) is 2. The highest BCUT2D eigenvalue weighted by atomic mass is 79.9. The van der Waals surface area contributed by atoms with Gasteiger partial charge in [-0.15, -0.1) is 0 Å². The van der Waals surface area contributed by atoms with Crippen LogP contribution in [0.15, 0.2) is 21.2 Å². The zero-order valence-corrected chi connectivity index (χ0v) is 12.0. The third-order valence-electron chi connectivity index (χ3n) is 3.37. The Morgan fingerprint density at radius 1 is 1.56 bits per heavy atom. The first-order valence-corrected chi connectivity index (χ1v) is 6.93. The van der Waals surface area contributed by atoms with Crippen molar-refractivity contribution in [3.05, 3.63) is 22.6 Å². The lowest BCUT2D eigenvalue weighted by Gasteiger charge is -2.41. The fourth-order valence-corrected chi connectivity index (χ4v) is 2.93. The Bertz CT molecular complexity index is 372. The lowest BCUT2D eigenvalue weighted by molar-refractivity contribution is -0.131. The molecule has 18 heavy (non-hydrogen) atoms. The van der Waals surface area contributed by atoms with Crippen molar-refractivity contribution < 1.29 is 13.9 Å². The van der Waals surface area contributed by atoms with Crippen molar-refractivity contribution in [2.45, 2.75) is 31.4 Å². The van der Waals surface area contributed by atoms with E-state index in [1.807, 2.05) is 13.0 Å². The minimum atomic E-state index is -0.373. The van der Waals surface area contributed by atoms with E-state index in [4.69, 9.17) is 19.7 Å². The SMILES string of the molecule is CCOC1(C(NN)c2occc2Br)CCOCC1. The molecular weight excluding hydrogens is 300 g/mol. The predicted octanol–water partition coefficient (Wildman–Crippen LogP) is 2.13. The normalized spacial score (nSPS) is 20.8. The molecule has 1 saturated heterocycles. The van der Waals surface area contributed by atoms with Crippen molar-refractivity contribution in [2.24, 2.45) is 5.84 Å². The summed E-state index contributed by atoms with van der Waals surface area (Å²) in [7, 11) is 0. The number of nitrogens with one attached hydrogen (secondary N) is 1. The zero-order valence-electron chi connectivity index (χ0n) is 10.4. The van der Waals surface area contributed by atoms with Gasteiger partial charge in [-0.3, -0.25) is 5.84 Å². The molecule has 0 spiro atoms. The third-order valence-corrected chi connectivity index (χ3v) is 4.03. The molecule has 0 aliphatic carbocycles. The Kier molecular flexibility index (Phi) is 4.80. The summed E-state index contributed by atoms with van der Waals surface area (Å²) >= 11 is 3.47. The van der Waals surface area contributed by atoms with E-state index in [0.717, 1.165) is 23.1 Å². The van der Waals surface area contributed by atoms with Crippen LogP contribution in [0.25, 0.3) is 0 Å². The number of nitrogens with two attached hydrogens (primary N) is 1. The number of furan rings is 1. The first kappa shape index (κ1) is 14.0. The van der Waals surface area contributed by atoms with Crippen LogP contribution in [0, 0.1) is 0 Å². The summed E-state index contributed by atoms with van der Waals surface area (Å²) in [5.41, 5.74) is 2.46. The molecule has 1 atom stereocenters. The fourth-order valence-electron chi connectivity index (χ4n) is 2.50. The summed E-state index contributed by atoms with van der Waals surface area (Å²) in [6, 6.07) is 1.67. The molecule has 0 saturated carbocycles. The first-order chi connectivity index (χ1) is 8.73. The average Bonchev–Trinajstić information content (AvgIpc) is 2.78. The van der Waals surface area contributed by atoms with Crippen LogP contribution in [0.3, 0.4) is 0 Å². The van der Waals surface area contributed by atoms with Crippen molar-refractivity contribution >= 4 is 15.9 Å². The van der Waals surface area contributed by atoms with Crippen LogP contribution in [-0.2, 0) is 9.47 Å². The van der Waals surface area contributed by atoms with Crippen LogP contribution in [0.4, 0.5) is 0 Å². The maximum atomic E-state index is 6.00. The third kappa shape index (κ3) is 2.62. The standard InChI is InChI=1S/C12H19BrN2O3/c1-2-18-12(4-7-16-8-5-12)11(15-14)10-9(13)3-6-17-10/h3,6,11,15H,2,4-5,7-8,14H2,1H3. The van der Waals surface area contributed by atoms with Crippen LogP contribution in [0.2, 0.25) is 0 Å². The summed E-state index contributed by atoms with van der Waals surface area (Å²) < 4.78 is 17.9. The van der Waals surface area contributed by atoms with Gasteiger partial charge in [0.1, 0.15) is 11.8 Å². The van der Waals surface area contributed by atoms with Gasteiger partial charge in [0.15, 0.2) is 0 Å². The number of halogens is 1. The van der Waals surface area contributed by atoms with Crippen LogP contribution >= 0.6 is 15.9 Å². The van der Waals surface area contributed by atoms with Crippen molar-refractivity contribution in [1.29, 1.82) is 0 Å². The summed E-state index contributed by atoms with van der Waals surface area (Å²) in [4.78, 5) is 0. The van der Waals surface area contributed by atoms with E-state index < -0.39 is 0 Å². The highest BCUT2D eigenvalue weighted by Crippen LogP contribution is 2.40. The van der Waals surface area contributed by atoms with Crippen LogP contribution < -0.4 is 11.3 Å². The number of hydrogen-bond acceptors (Lipinski definition) is 5. The maximum Gasteiger partial charge on any atom is 0.139 e. The summed E-state index contributed by atoms with van der Waals surface area (Å²) in [6.07, 6.45) is 3.23.